The predicted octanol–water partition coefficient (Wildman–Crippen LogP) is 2.09. The Hall–Kier alpha value is -0.570. The highest BCUT2D eigenvalue weighted by Gasteiger charge is 2.16. The summed E-state index contributed by atoms with van der Waals surface area (Å²) in [5.74, 6) is 1.35. The van der Waals surface area contributed by atoms with E-state index in [4.69, 9.17) is 5.11 Å². The van der Waals surface area contributed by atoms with E-state index in [2.05, 4.69) is 5.32 Å². The van der Waals surface area contributed by atoms with Gasteiger partial charge in [0.1, 0.15) is 0 Å². The maximum atomic E-state index is 11.5. The van der Waals surface area contributed by atoms with E-state index < -0.39 is 0 Å². The summed E-state index contributed by atoms with van der Waals surface area (Å²) in [7, 11) is 0. The average Bonchev–Trinajstić information content (AvgIpc) is 2.77. The molecule has 1 atom stereocenters. The Morgan fingerprint density at radius 1 is 1.44 bits per heavy atom. The summed E-state index contributed by atoms with van der Waals surface area (Å²) >= 11 is 0. The van der Waals surface area contributed by atoms with Gasteiger partial charge in [-0.3, -0.25) is 4.79 Å². The first kappa shape index (κ1) is 13.5. The first-order valence-corrected chi connectivity index (χ1v) is 6.60. The molecule has 16 heavy (non-hydrogen) atoms. The van der Waals surface area contributed by atoms with E-state index in [1.54, 1.807) is 0 Å². The summed E-state index contributed by atoms with van der Waals surface area (Å²) in [6, 6.07) is 0. The Labute approximate surface area is 98.6 Å². The molecule has 1 aliphatic carbocycles. The number of amides is 1. The van der Waals surface area contributed by atoms with Crippen molar-refractivity contribution in [1.82, 2.24) is 5.32 Å². The Morgan fingerprint density at radius 3 is 2.75 bits per heavy atom. The quantitative estimate of drug-likeness (QED) is 0.699. The number of hydrogen-bond acceptors (Lipinski definition) is 2. The van der Waals surface area contributed by atoms with Crippen LogP contribution in [0.2, 0.25) is 0 Å². The van der Waals surface area contributed by atoms with Gasteiger partial charge in [-0.1, -0.05) is 32.6 Å². The summed E-state index contributed by atoms with van der Waals surface area (Å²) < 4.78 is 0. The molecule has 2 N–H and O–H groups in total. The van der Waals surface area contributed by atoms with Crippen LogP contribution in [-0.2, 0) is 4.79 Å². The molecule has 1 unspecified atom stereocenters. The van der Waals surface area contributed by atoms with E-state index in [0.717, 1.165) is 18.8 Å². The van der Waals surface area contributed by atoms with Gasteiger partial charge in [0.25, 0.3) is 0 Å². The normalized spacial score (nSPS) is 18.6. The molecule has 0 heterocycles. The van der Waals surface area contributed by atoms with Crippen LogP contribution in [0.3, 0.4) is 0 Å². The molecule has 0 bridgehead atoms. The van der Waals surface area contributed by atoms with Gasteiger partial charge in [0.05, 0.1) is 0 Å². The van der Waals surface area contributed by atoms with Crippen LogP contribution in [0, 0.1) is 11.8 Å². The number of aliphatic hydroxyl groups is 1. The lowest BCUT2D eigenvalue weighted by atomic mass is 10.0. The zero-order valence-corrected chi connectivity index (χ0v) is 10.4. The van der Waals surface area contributed by atoms with Gasteiger partial charge in [-0.2, -0.15) is 0 Å². The van der Waals surface area contributed by atoms with E-state index in [1.807, 2.05) is 6.92 Å². The van der Waals surface area contributed by atoms with Crippen LogP contribution in [0.25, 0.3) is 0 Å². The minimum Gasteiger partial charge on any atom is -0.396 e. The van der Waals surface area contributed by atoms with Gasteiger partial charge in [-0.05, 0) is 24.7 Å². The molecule has 3 nitrogen and oxygen atoms in total. The predicted molar refractivity (Wildman–Crippen MR) is 65.1 cm³/mol. The van der Waals surface area contributed by atoms with Crippen molar-refractivity contribution in [2.45, 2.75) is 51.9 Å². The fraction of sp³-hybridized carbons (Fsp3) is 0.923. The van der Waals surface area contributed by atoms with E-state index in [-0.39, 0.29) is 12.5 Å². The Morgan fingerprint density at radius 2 is 2.12 bits per heavy atom. The molecule has 1 fully saturated rings. The topological polar surface area (TPSA) is 49.3 Å². The Kier molecular flexibility index (Phi) is 6.46. The fourth-order valence-electron chi connectivity index (χ4n) is 2.33. The van der Waals surface area contributed by atoms with Crippen LogP contribution in [0.4, 0.5) is 0 Å². The van der Waals surface area contributed by atoms with Crippen LogP contribution in [-0.4, -0.2) is 24.2 Å². The molecule has 3 heteroatoms. The van der Waals surface area contributed by atoms with E-state index in [0.29, 0.717) is 18.9 Å². The molecule has 0 aromatic rings. The van der Waals surface area contributed by atoms with Crippen molar-refractivity contribution in [2.75, 3.05) is 13.2 Å². The lowest BCUT2D eigenvalue weighted by Crippen LogP contribution is -2.28. The second-order valence-corrected chi connectivity index (χ2v) is 5.11. The Bertz CT molecular complexity index is 200. The van der Waals surface area contributed by atoms with Crippen molar-refractivity contribution in [3.05, 3.63) is 0 Å². The molecule has 1 rings (SSSR count). The first-order chi connectivity index (χ1) is 7.72. The van der Waals surface area contributed by atoms with Gasteiger partial charge in [0.15, 0.2) is 0 Å². The molecule has 94 valence electrons. The number of nitrogens with one attached hydrogen (secondary N) is 1. The SMILES string of the molecule is CC(CCO)CNC(=O)CCC1CCCC1. The van der Waals surface area contributed by atoms with Crippen molar-refractivity contribution >= 4 is 5.91 Å². The van der Waals surface area contributed by atoms with Crippen LogP contribution in [0.15, 0.2) is 0 Å². The number of carbonyl (C=O) groups is 1. The van der Waals surface area contributed by atoms with Gasteiger partial charge in [0, 0.05) is 19.6 Å². The molecular formula is C13H25NO2. The third-order valence-electron chi connectivity index (χ3n) is 3.52. The summed E-state index contributed by atoms with van der Waals surface area (Å²) in [5, 5.41) is 11.7. The molecule has 0 aromatic carbocycles. The van der Waals surface area contributed by atoms with Crippen molar-refractivity contribution < 1.29 is 9.90 Å². The van der Waals surface area contributed by atoms with Gasteiger partial charge < -0.3 is 10.4 Å². The minimum atomic E-state index is 0.177. The lowest BCUT2D eigenvalue weighted by molar-refractivity contribution is -0.121. The molecule has 0 radical (unpaired) electrons. The van der Waals surface area contributed by atoms with Gasteiger partial charge in [-0.15, -0.1) is 0 Å². The van der Waals surface area contributed by atoms with Crippen molar-refractivity contribution in [1.29, 1.82) is 0 Å². The molecule has 1 amide bonds. The fourth-order valence-corrected chi connectivity index (χ4v) is 2.33. The van der Waals surface area contributed by atoms with Crippen molar-refractivity contribution in [2.24, 2.45) is 11.8 Å². The zero-order valence-electron chi connectivity index (χ0n) is 10.4. The highest BCUT2D eigenvalue weighted by molar-refractivity contribution is 5.75. The van der Waals surface area contributed by atoms with Crippen molar-refractivity contribution in [3.8, 4) is 0 Å². The van der Waals surface area contributed by atoms with Crippen LogP contribution < -0.4 is 5.32 Å². The third kappa shape index (κ3) is 5.50. The highest BCUT2D eigenvalue weighted by Crippen LogP contribution is 2.28. The number of carbonyl (C=O) groups excluding carboxylic acids is 1. The minimum absolute atomic E-state index is 0.177. The van der Waals surface area contributed by atoms with Gasteiger partial charge >= 0.3 is 0 Å². The van der Waals surface area contributed by atoms with Crippen LogP contribution >= 0.6 is 0 Å². The van der Waals surface area contributed by atoms with E-state index in [9.17, 15) is 4.79 Å². The summed E-state index contributed by atoms with van der Waals surface area (Å²) in [6.07, 6.45) is 7.82. The maximum Gasteiger partial charge on any atom is 0.220 e. The van der Waals surface area contributed by atoms with Crippen LogP contribution in [0.1, 0.15) is 51.9 Å². The van der Waals surface area contributed by atoms with E-state index in [1.165, 1.54) is 25.7 Å². The highest BCUT2D eigenvalue weighted by atomic mass is 16.3. The second-order valence-electron chi connectivity index (χ2n) is 5.11. The van der Waals surface area contributed by atoms with Crippen LogP contribution in [0.5, 0.6) is 0 Å². The number of aliphatic hydroxyl groups excluding tert-OH is 1. The average molecular weight is 227 g/mol. The second kappa shape index (κ2) is 7.66. The van der Waals surface area contributed by atoms with E-state index >= 15 is 0 Å². The molecule has 0 aromatic heterocycles. The van der Waals surface area contributed by atoms with Gasteiger partial charge in [0.2, 0.25) is 5.91 Å². The summed E-state index contributed by atoms with van der Waals surface area (Å²) in [6.45, 7) is 2.96. The largest absolute Gasteiger partial charge is 0.396 e. The molecule has 0 aliphatic heterocycles. The van der Waals surface area contributed by atoms with Crippen molar-refractivity contribution in [3.63, 3.8) is 0 Å². The smallest absolute Gasteiger partial charge is 0.220 e. The molecule has 0 spiro atoms. The molecular weight excluding hydrogens is 202 g/mol. The molecule has 1 saturated carbocycles. The molecule has 0 saturated heterocycles. The number of hydrogen-bond donors (Lipinski definition) is 2. The summed E-state index contributed by atoms with van der Waals surface area (Å²) in [5.41, 5.74) is 0. The zero-order chi connectivity index (χ0) is 11.8. The monoisotopic (exact) mass is 227 g/mol. The molecule has 1 aliphatic rings. The first-order valence-electron chi connectivity index (χ1n) is 6.60. The number of rotatable bonds is 7. The standard InChI is InChI=1S/C13H25NO2/c1-11(8-9-15)10-14-13(16)7-6-12-4-2-3-5-12/h11-12,15H,2-10H2,1H3,(H,14,16). The maximum absolute atomic E-state index is 11.5. The lowest BCUT2D eigenvalue weighted by Gasteiger charge is -2.12. The summed E-state index contributed by atoms with van der Waals surface area (Å²) in [4.78, 5) is 11.5. The Balaban J connectivity index is 2.01. The third-order valence-corrected chi connectivity index (χ3v) is 3.52. The van der Waals surface area contributed by atoms with Gasteiger partial charge in [-0.25, -0.2) is 0 Å².